The fourth-order valence-corrected chi connectivity index (χ4v) is 3.83. The lowest BCUT2D eigenvalue weighted by Crippen LogP contribution is -2.41. The number of fused-ring (bicyclic) bond motifs is 1. The molecule has 1 aliphatic carbocycles. The van der Waals surface area contributed by atoms with Crippen LogP contribution in [0.4, 0.5) is 0 Å². The molecule has 0 spiro atoms. The van der Waals surface area contributed by atoms with Crippen LogP contribution < -0.4 is 19.7 Å². The largest absolute Gasteiger partial charge is 0.493 e. The zero-order valence-corrected chi connectivity index (χ0v) is 15.4. The Bertz CT molecular complexity index is 941. The van der Waals surface area contributed by atoms with Crippen molar-refractivity contribution in [2.75, 3.05) is 14.2 Å². The number of hydrogen-bond acceptors (Lipinski definition) is 5. The average molecular weight is 376 g/mol. The Balaban J connectivity index is 1.72. The molecular formula is C18H20N2O5S. The molecule has 0 aliphatic heterocycles. The number of ether oxygens (including phenoxy) is 2. The number of carbonyl (C=O) groups excluding carboxylic acids is 1. The number of carbonyl (C=O) groups is 1. The van der Waals surface area contributed by atoms with Gasteiger partial charge in [-0.1, -0.05) is 6.07 Å². The molecule has 3 rings (SSSR count). The van der Waals surface area contributed by atoms with Gasteiger partial charge in [-0.05, 0) is 60.7 Å². The molecule has 0 unspecified atom stereocenters. The molecule has 2 aromatic rings. The Hall–Kier alpha value is -2.58. The standard InChI is InChI=1S/C18H20N2O5S/c1-24-16-9-7-14(11-17(16)25-2)18(21)19-20-26(22,23)15-8-6-12-4-3-5-13(12)10-15/h6-11,20H,3-5H2,1-2H3,(H,19,21). The number of methoxy groups -OCH3 is 2. The van der Waals surface area contributed by atoms with E-state index >= 15 is 0 Å². The summed E-state index contributed by atoms with van der Waals surface area (Å²) in [5, 5.41) is 0. The van der Waals surface area contributed by atoms with Crippen LogP contribution in [0, 0.1) is 0 Å². The molecule has 8 heteroatoms. The van der Waals surface area contributed by atoms with Crippen LogP contribution in [-0.2, 0) is 22.9 Å². The van der Waals surface area contributed by atoms with Gasteiger partial charge < -0.3 is 9.47 Å². The molecule has 0 saturated heterocycles. The molecule has 0 fully saturated rings. The van der Waals surface area contributed by atoms with Crippen LogP contribution in [0.2, 0.25) is 0 Å². The summed E-state index contributed by atoms with van der Waals surface area (Å²) in [4.78, 5) is 14.5. The Morgan fingerprint density at radius 2 is 1.69 bits per heavy atom. The fraction of sp³-hybridized carbons (Fsp3) is 0.278. The average Bonchev–Trinajstić information content (AvgIpc) is 3.13. The van der Waals surface area contributed by atoms with Crippen LogP contribution in [0.15, 0.2) is 41.3 Å². The number of benzene rings is 2. The Morgan fingerprint density at radius 3 is 2.42 bits per heavy atom. The summed E-state index contributed by atoms with van der Waals surface area (Å²) in [6.45, 7) is 0. The number of amides is 1. The predicted octanol–water partition coefficient (Wildman–Crippen LogP) is 1.82. The molecule has 0 atom stereocenters. The van der Waals surface area contributed by atoms with Crippen LogP contribution in [-0.4, -0.2) is 28.5 Å². The summed E-state index contributed by atoms with van der Waals surface area (Å²) in [5.41, 5.74) is 4.68. The highest BCUT2D eigenvalue weighted by Crippen LogP contribution is 2.27. The summed E-state index contributed by atoms with van der Waals surface area (Å²) in [5.74, 6) is 0.250. The minimum atomic E-state index is -3.85. The van der Waals surface area contributed by atoms with E-state index in [1.165, 1.54) is 31.9 Å². The van der Waals surface area contributed by atoms with Gasteiger partial charge in [0.2, 0.25) is 0 Å². The van der Waals surface area contributed by atoms with Gasteiger partial charge in [0.25, 0.3) is 15.9 Å². The molecule has 2 aromatic carbocycles. The quantitative estimate of drug-likeness (QED) is 0.750. The maximum absolute atomic E-state index is 12.4. The number of sulfonamides is 1. The topological polar surface area (TPSA) is 93.7 Å². The molecule has 1 amide bonds. The fourth-order valence-electron chi connectivity index (χ4n) is 2.94. The van der Waals surface area contributed by atoms with Crippen LogP contribution in [0.1, 0.15) is 27.9 Å². The Morgan fingerprint density at radius 1 is 0.962 bits per heavy atom. The second kappa shape index (κ2) is 7.35. The van der Waals surface area contributed by atoms with E-state index in [1.807, 2.05) is 6.07 Å². The number of nitrogens with one attached hydrogen (secondary N) is 2. The van der Waals surface area contributed by atoms with E-state index < -0.39 is 15.9 Å². The molecule has 0 heterocycles. The summed E-state index contributed by atoms with van der Waals surface area (Å²) in [6, 6.07) is 9.59. The van der Waals surface area contributed by atoms with E-state index in [2.05, 4.69) is 10.3 Å². The lowest BCUT2D eigenvalue weighted by Gasteiger charge is -2.11. The highest BCUT2D eigenvalue weighted by atomic mass is 32.2. The van der Waals surface area contributed by atoms with E-state index in [9.17, 15) is 13.2 Å². The molecule has 26 heavy (non-hydrogen) atoms. The van der Waals surface area contributed by atoms with Gasteiger partial charge in [0, 0.05) is 5.56 Å². The van der Waals surface area contributed by atoms with Crippen LogP contribution in [0.5, 0.6) is 11.5 Å². The first kappa shape index (κ1) is 18.2. The van der Waals surface area contributed by atoms with Crippen molar-refractivity contribution in [3.8, 4) is 11.5 Å². The van der Waals surface area contributed by atoms with Gasteiger partial charge in [0.15, 0.2) is 11.5 Å². The van der Waals surface area contributed by atoms with Crippen LogP contribution >= 0.6 is 0 Å². The van der Waals surface area contributed by atoms with Crippen molar-refractivity contribution >= 4 is 15.9 Å². The third-order valence-corrected chi connectivity index (χ3v) is 5.57. The van der Waals surface area contributed by atoms with Crippen molar-refractivity contribution in [2.24, 2.45) is 0 Å². The SMILES string of the molecule is COc1ccc(C(=O)NNS(=O)(=O)c2ccc3c(c2)CCC3)cc1OC. The van der Waals surface area contributed by atoms with Crippen LogP contribution in [0.25, 0.3) is 0 Å². The first-order valence-electron chi connectivity index (χ1n) is 8.10. The van der Waals surface area contributed by atoms with Gasteiger partial charge in [-0.3, -0.25) is 10.2 Å². The molecule has 0 saturated carbocycles. The second-order valence-electron chi connectivity index (χ2n) is 5.91. The maximum Gasteiger partial charge on any atom is 0.266 e. The van der Waals surface area contributed by atoms with Gasteiger partial charge in [-0.2, -0.15) is 0 Å². The molecule has 138 valence electrons. The molecule has 1 aliphatic rings. The maximum atomic E-state index is 12.4. The summed E-state index contributed by atoms with van der Waals surface area (Å²) < 4.78 is 35.1. The predicted molar refractivity (Wildman–Crippen MR) is 95.8 cm³/mol. The molecule has 0 bridgehead atoms. The van der Waals surface area contributed by atoms with Crippen molar-refractivity contribution in [3.63, 3.8) is 0 Å². The van der Waals surface area contributed by atoms with Crippen molar-refractivity contribution < 1.29 is 22.7 Å². The first-order chi connectivity index (χ1) is 12.4. The van der Waals surface area contributed by atoms with Crippen LogP contribution in [0.3, 0.4) is 0 Å². The number of hydrogen-bond donors (Lipinski definition) is 2. The van der Waals surface area contributed by atoms with Gasteiger partial charge in [-0.25, -0.2) is 8.42 Å². The minimum Gasteiger partial charge on any atom is -0.493 e. The van der Waals surface area contributed by atoms with Crippen molar-refractivity contribution in [1.29, 1.82) is 0 Å². The summed E-state index contributed by atoms with van der Waals surface area (Å²) >= 11 is 0. The van der Waals surface area contributed by atoms with E-state index in [4.69, 9.17) is 9.47 Å². The number of aryl methyl sites for hydroxylation is 2. The van der Waals surface area contributed by atoms with Gasteiger partial charge >= 0.3 is 0 Å². The van der Waals surface area contributed by atoms with Gasteiger partial charge in [0.1, 0.15) is 0 Å². The normalized spacial score (nSPS) is 13.2. The molecule has 0 aromatic heterocycles. The van der Waals surface area contributed by atoms with E-state index in [0.29, 0.717) is 11.5 Å². The minimum absolute atomic E-state index is 0.130. The molecular weight excluding hydrogens is 356 g/mol. The number of hydrazine groups is 1. The molecule has 7 nitrogen and oxygen atoms in total. The van der Waals surface area contributed by atoms with Crippen molar-refractivity contribution in [2.45, 2.75) is 24.2 Å². The van der Waals surface area contributed by atoms with E-state index in [0.717, 1.165) is 24.8 Å². The zero-order chi connectivity index (χ0) is 18.7. The monoisotopic (exact) mass is 376 g/mol. The van der Waals surface area contributed by atoms with Gasteiger partial charge in [-0.15, -0.1) is 4.83 Å². The Kier molecular flexibility index (Phi) is 5.15. The van der Waals surface area contributed by atoms with E-state index in [1.54, 1.807) is 18.2 Å². The second-order valence-corrected chi connectivity index (χ2v) is 7.60. The summed E-state index contributed by atoms with van der Waals surface area (Å²) in [6.07, 6.45) is 2.87. The van der Waals surface area contributed by atoms with E-state index in [-0.39, 0.29) is 10.5 Å². The smallest absolute Gasteiger partial charge is 0.266 e. The highest BCUT2D eigenvalue weighted by Gasteiger charge is 2.20. The molecule has 0 radical (unpaired) electrons. The lowest BCUT2D eigenvalue weighted by atomic mass is 10.1. The summed E-state index contributed by atoms with van der Waals surface area (Å²) in [7, 11) is -0.908. The van der Waals surface area contributed by atoms with Crippen molar-refractivity contribution in [1.82, 2.24) is 10.3 Å². The lowest BCUT2D eigenvalue weighted by molar-refractivity contribution is 0.0944. The van der Waals surface area contributed by atoms with Crippen molar-refractivity contribution in [3.05, 3.63) is 53.1 Å². The zero-order valence-electron chi connectivity index (χ0n) is 14.5. The third kappa shape index (κ3) is 3.66. The number of rotatable bonds is 6. The third-order valence-electron chi connectivity index (χ3n) is 4.32. The first-order valence-corrected chi connectivity index (χ1v) is 9.59. The molecule has 2 N–H and O–H groups in total. The Labute approximate surface area is 152 Å². The van der Waals surface area contributed by atoms with Gasteiger partial charge in [0.05, 0.1) is 19.1 Å². The highest BCUT2D eigenvalue weighted by molar-refractivity contribution is 7.89.